The van der Waals surface area contributed by atoms with Crippen molar-refractivity contribution >= 4 is 27.6 Å². The average Bonchev–Trinajstić information content (AvgIpc) is 2.43. The molecule has 0 aliphatic rings. The van der Waals surface area contributed by atoms with E-state index in [1.165, 1.54) is 6.33 Å². The molecule has 106 valence electrons. The number of nitrogen functional groups attached to an aromatic ring is 1. The fourth-order valence-corrected chi connectivity index (χ4v) is 2.38. The van der Waals surface area contributed by atoms with Gasteiger partial charge in [0.25, 0.3) is 0 Å². The van der Waals surface area contributed by atoms with E-state index in [9.17, 15) is 4.39 Å². The van der Waals surface area contributed by atoms with Crippen LogP contribution in [0.5, 0.6) is 0 Å². The van der Waals surface area contributed by atoms with Crippen LogP contribution in [0.15, 0.2) is 22.9 Å². The van der Waals surface area contributed by atoms with Crippen LogP contribution in [-0.4, -0.2) is 9.97 Å². The second kappa shape index (κ2) is 6.15. The van der Waals surface area contributed by atoms with Gasteiger partial charge in [-0.2, -0.15) is 0 Å². The SMILES string of the molecule is Cc1cc(CNc2ncnc(NN)c2Br)cc(C)c1F. The largest absolute Gasteiger partial charge is 0.365 e. The van der Waals surface area contributed by atoms with Crippen LogP contribution in [0.4, 0.5) is 16.0 Å². The number of nitrogens with one attached hydrogen (secondary N) is 2. The summed E-state index contributed by atoms with van der Waals surface area (Å²) in [6.07, 6.45) is 1.41. The van der Waals surface area contributed by atoms with E-state index in [2.05, 4.69) is 36.6 Å². The Hall–Kier alpha value is -1.73. The van der Waals surface area contributed by atoms with Gasteiger partial charge in [-0.15, -0.1) is 0 Å². The van der Waals surface area contributed by atoms with Gasteiger partial charge < -0.3 is 10.7 Å². The lowest BCUT2D eigenvalue weighted by Gasteiger charge is -2.11. The molecule has 5 nitrogen and oxygen atoms in total. The van der Waals surface area contributed by atoms with E-state index in [1.807, 2.05) is 12.1 Å². The number of nitrogens with zero attached hydrogens (tertiary/aromatic N) is 2. The second-order valence-corrected chi connectivity index (χ2v) is 5.22. The summed E-state index contributed by atoms with van der Waals surface area (Å²) in [7, 11) is 0. The van der Waals surface area contributed by atoms with Gasteiger partial charge in [0.2, 0.25) is 0 Å². The molecule has 0 aliphatic carbocycles. The monoisotopic (exact) mass is 339 g/mol. The van der Waals surface area contributed by atoms with Crippen molar-refractivity contribution < 1.29 is 4.39 Å². The molecule has 7 heteroatoms. The molecule has 0 amide bonds. The molecule has 1 aromatic carbocycles. The standard InChI is InChI=1S/C13H15BrFN5/c1-7-3-9(4-8(2)11(7)15)5-17-12-10(14)13(20-16)19-6-18-12/h3-4,6H,5,16H2,1-2H3,(H2,17,18,19,20). The minimum absolute atomic E-state index is 0.161. The zero-order chi connectivity index (χ0) is 14.7. The van der Waals surface area contributed by atoms with Crippen molar-refractivity contribution in [2.24, 2.45) is 5.84 Å². The van der Waals surface area contributed by atoms with E-state index in [1.54, 1.807) is 13.8 Å². The van der Waals surface area contributed by atoms with Gasteiger partial charge in [0.15, 0.2) is 5.82 Å². The Morgan fingerprint density at radius 2 is 1.80 bits per heavy atom. The third-order valence-corrected chi connectivity index (χ3v) is 3.63. The number of hydrazine groups is 1. The van der Waals surface area contributed by atoms with E-state index in [4.69, 9.17) is 5.84 Å². The van der Waals surface area contributed by atoms with Gasteiger partial charge in [-0.05, 0) is 46.5 Å². The number of rotatable bonds is 4. The highest BCUT2D eigenvalue weighted by Crippen LogP contribution is 2.26. The summed E-state index contributed by atoms with van der Waals surface area (Å²) < 4.78 is 14.2. The number of aryl methyl sites for hydroxylation is 2. The minimum atomic E-state index is -0.161. The zero-order valence-electron chi connectivity index (χ0n) is 11.2. The van der Waals surface area contributed by atoms with Crippen LogP contribution in [0.1, 0.15) is 16.7 Å². The first kappa shape index (κ1) is 14.7. The number of hydrogen-bond acceptors (Lipinski definition) is 5. The zero-order valence-corrected chi connectivity index (χ0v) is 12.8. The van der Waals surface area contributed by atoms with Gasteiger partial charge in [-0.3, -0.25) is 0 Å². The Labute approximate surface area is 124 Å². The Balaban J connectivity index is 2.17. The molecule has 0 atom stereocenters. The van der Waals surface area contributed by atoms with Gasteiger partial charge in [-0.25, -0.2) is 20.2 Å². The minimum Gasteiger partial charge on any atom is -0.365 e. The molecule has 0 bridgehead atoms. The summed E-state index contributed by atoms with van der Waals surface area (Å²) in [6.45, 7) is 4.04. The average molecular weight is 340 g/mol. The third kappa shape index (κ3) is 3.05. The van der Waals surface area contributed by atoms with E-state index in [-0.39, 0.29) is 5.82 Å². The summed E-state index contributed by atoms with van der Waals surface area (Å²) in [4.78, 5) is 8.09. The molecule has 2 aromatic rings. The summed E-state index contributed by atoms with van der Waals surface area (Å²) in [5, 5.41) is 3.16. The van der Waals surface area contributed by atoms with Gasteiger partial charge in [0.1, 0.15) is 22.4 Å². The van der Waals surface area contributed by atoms with Crippen molar-refractivity contribution in [3.05, 3.63) is 45.4 Å². The summed E-state index contributed by atoms with van der Waals surface area (Å²) >= 11 is 3.37. The second-order valence-electron chi connectivity index (χ2n) is 4.43. The van der Waals surface area contributed by atoms with Crippen molar-refractivity contribution in [2.75, 3.05) is 10.7 Å². The highest BCUT2D eigenvalue weighted by molar-refractivity contribution is 9.10. The third-order valence-electron chi connectivity index (χ3n) is 2.88. The molecular formula is C13H15BrFN5. The van der Waals surface area contributed by atoms with E-state index >= 15 is 0 Å². The first-order valence-electron chi connectivity index (χ1n) is 5.99. The maximum Gasteiger partial charge on any atom is 0.159 e. The summed E-state index contributed by atoms with van der Waals surface area (Å²) in [5.41, 5.74) is 4.72. The van der Waals surface area contributed by atoms with Crippen LogP contribution in [0.25, 0.3) is 0 Å². The van der Waals surface area contributed by atoms with Crippen molar-refractivity contribution in [3.63, 3.8) is 0 Å². The highest BCUT2D eigenvalue weighted by atomic mass is 79.9. The van der Waals surface area contributed by atoms with E-state index in [0.29, 0.717) is 33.8 Å². The molecule has 0 radical (unpaired) electrons. The summed E-state index contributed by atoms with van der Waals surface area (Å²) in [5.74, 6) is 6.30. The molecule has 0 saturated heterocycles. The lowest BCUT2D eigenvalue weighted by molar-refractivity contribution is 0.608. The molecule has 2 rings (SSSR count). The Kier molecular flexibility index (Phi) is 4.51. The molecular weight excluding hydrogens is 325 g/mol. The molecule has 0 saturated carbocycles. The fourth-order valence-electron chi connectivity index (χ4n) is 1.92. The van der Waals surface area contributed by atoms with Crippen molar-refractivity contribution in [1.29, 1.82) is 0 Å². The topological polar surface area (TPSA) is 75.9 Å². The maximum absolute atomic E-state index is 13.6. The van der Waals surface area contributed by atoms with Crippen LogP contribution in [0.2, 0.25) is 0 Å². The van der Waals surface area contributed by atoms with Crippen molar-refractivity contribution in [1.82, 2.24) is 9.97 Å². The molecule has 1 heterocycles. The van der Waals surface area contributed by atoms with Gasteiger partial charge in [-0.1, -0.05) is 12.1 Å². The number of anilines is 2. The van der Waals surface area contributed by atoms with Crippen molar-refractivity contribution in [2.45, 2.75) is 20.4 Å². The lowest BCUT2D eigenvalue weighted by Crippen LogP contribution is -2.11. The number of aromatic nitrogens is 2. The van der Waals surface area contributed by atoms with Gasteiger partial charge in [0.05, 0.1) is 0 Å². The number of hydrogen-bond donors (Lipinski definition) is 3. The van der Waals surface area contributed by atoms with Crippen molar-refractivity contribution in [3.8, 4) is 0 Å². The normalized spacial score (nSPS) is 10.4. The lowest BCUT2D eigenvalue weighted by atomic mass is 10.1. The number of benzene rings is 1. The van der Waals surface area contributed by atoms with Crippen LogP contribution in [0, 0.1) is 19.7 Å². The van der Waals surface area contributed by atoms with Crippen LogP contribution >= 0.6 is 15.9 Å². The molecule has 1 aromatic heterocycles. The number of halogens is 2. The maximum atomic E-state index is 13.6. The molecule has 0 unspecified atom stereocenters. The number of nitrogens with two attached hydrogens (primary N) is 1. The molecule has 0 aliphatic heterocycles. The Morgan fingerprint density at radius 1 is 1.20 bits per heavy atom. The first-order valence-corrected chi connectivity index (χ1v) is 6.79. The predicted octanol–water partition coefficient (Wildman–Crippen LogP) is 2.89. The van der Waals surface area contributed by atoms with E-state index < -0.39 is 0 Å². The van der Waals surface area contributed by atoms with Gasteiger partial charge in [0, 0.05) is 6.54 Å². The summed E-state index contributed by atoms with van der Waals surface area (Å²) in [6, 6.07) is 3.62. The van der Waals surface area contributed by atoms with Gasteiger partial charge >= 0.3 is 0 Å². The highest BCUT2D eigenvalue weighted by Gasteiger charge is 2.08. The quantitative estimate of drug-likeness (QED) is 0.589. The molecule has 20 heavy (non-hydrogen) atoms. The Morgan fingerprint density at radius 3 is 2.40 bits per heavy atom. The predicted molar refractivity (Wildman–Crippen MR) is 80.7 cm³/mol. The molecule has 0 fully saturated rings. The fraction of sp³-hybridized carbons (Fsp3) is 0.231. The van der Waals surface area contributed by atoms with Crippen LogP contribution < -0.4 is 16.6 Å². The molecule has 4 N–H and O–H groups in total. The van der Waals surface area contributed by atoms with E-state index in [0.717, 1.165) is 5.56 Å². The molecule has 0 spiro atoms. The van der Waals surface area contributed by atoms with Crippen LogP contribution in [-0.2, 0) is 6.54 Å². The van der Waals surface area contributed by atoms with Crippen LogP contribution in [0.3, 0.4) is 0 Å². The Bertz CT molecular complexity index is 609. The smallest absolute Gasteiger partial charge is 0.159 e. The first-order chi connectivity index (χ1) is 9.52.